The lowest BCUT2D eigenvalue weighted by atomic mass is 10.2. The number of benzene rings is 2. The molecule has 0 saturated carbocycles. The minimum Gasteiger partial charge on any atom is -0.375 e. The first kappa shape index (κ1) is 16.8. The van der Waals surface area contributed by atoms with Crippen LogP contribution in [0.4, 0.5) is 5.69 Å². The average Bonchev–Trinajstić information content (AvgIpc) is 2.48. The van der Waals surface area contributed by atoms with Crippen molar-refractivity contribution in [1.29, 1.82) is 0 Å². The van der Waals surface area contributed by atoms with Crippen molar-refractivity contribution in [2.75, 3.05) is 18.5 Å². The monoisotopic (exact) mass is 311 g/mol. The Balaban J connectivity index is 2.00. The molecule has 0 amide bonds. The summed E-state index contributed by atoms with van der Waals surface area (Å²) >= 11 is 0. The number of hydrogen-bond donors (Lipinski definition) is 0. The van der Waals surface area contributed by atoms with Gasteiger partial charge in [-0.2, -0.15) is 0 Å². The van der Waals surface area contributed by atoms with Crippen molar-refractivity contribution in [1.82, 2.24) is 0 Å². The molecule has 0 spiro atoms. The number of aryl methyl sites for hydroxylation is 1. The van der Waals surface area contributed by atoms with Gasteiger partial charge >= 0.3 is 0 Å². The zero-order valence-electron chi connectivity index (χ0n) is 14.6. The molecule has 0 N–H and O–H groups in total. The van der Waals surface area contributed by atoms with Crippen LogP contribution in [0.2, 0.25) is 18.6 Å². The highest BCUT2D eigenvalue weighted by atomic mass is 28.3. The van der Waals surface area contributed by atoms with Crippen LogP contribution in [-0.4, -0.2) is 21.7 Å². The fourth-order valence-corrected chi connectivity index (χ4v) is 5.26. The van der Waals surface area contributed by atoms with Crippen LogP contribution in [0.3, 0.4) is 0 Å². The largest absolute Gasteiger partial charge is 0.375 e. The molecule has 0 heterocycles. The Labute approximate surface area is 137 Å². The maximum atomic E-state index is 2.52. The van der Waals surface area contributed by atoms with E-state index in [0.29, 0.717) is 0 Å². The van der Waals surface area contributed by atoms with Crippen LogP contribution >= 0.6 is 0 Å². The molecule has 1 atom stereocenters. The van der Waals surface area contributed by atoms with Gasteiger partial charge < -0.3 is 4.90 Å². The fourth-order valence-electron chi connectivity index (χ4n) is 2.86. The topological polar surface area (TPSA) is 3.24 Å². The summed E-state index contributed by atoms with van der Waals surface area (Å²) in [6, 6.07) is 21.1. The molecule has 2 heteroatoms. The van der Waals surface area contributed by atoms with Crippen molar-refractivity contribution < 1.29 is 0 Å². The van der Waals surface area contributed by atoms with Crippen LogP contribution in [0.25, 0.3) is 0 Å². The van der Waals surface area contributed by atoms with Gasteiger partial charge in [0.1, 0.15) is 0 Å². The summed E-state index contributed by atoms with van der Waals surface area (Å²) in [6.45, 7) is 10.7. The molecule has 2 aromatic carbocycles. The summed E-state index contributed by atoms with van der Waals surface area (Å²) in [5, 5.41) is 0. The smallest absolute Gasteiger partial charge is 0.0563 e. The third-order valence-electron chi connectivity index (χ3n) is 4.86. The average molecular weight is 312 g/mol. The van der Waals surface area contributed by atoms with Gasteiger partial charge in [0.25, 0.3) is 0 Å². The Bertz CT molecular complexity index is 574. The molecule has 0 aliphatic rings. The normalized spacial score (nSPS) is 13.0. The van der Waals surface area contributed by atoms with Crippen molar-refractivity contribution >= 4 is 13.8 Å². The van der Waals surface area contributed by atoms with E-state index in [2.05, 4.69) is 93.5 Å². The van der Waals surface area contributed by atoms with Crippen LogP contribution in [0.15, 0.2) is 54.6 Å². The standard InChI is InChI=1S/C20H29NSi/c1-17-11-13-20(14-12-17)21(3)15-18(2)22(4,5)16-19-9-7-6-8-10-19/h6-14,18H,15-16H2,1-5H3. The second-order valence-corrected chi connectivity index (χ2v) is 12.6. The van der Waals surface area contributed by atoms with Crippen molar-refractivity contribution in [3.63, 3.8) is 0 Å². The van der Waals surface area contributed by atoms with Gasteiger partial charge in [-0.05, 0) is 30.6 Å². The summed E-state index contributed by atoms with van der Waals surface area (Å²) in [6.07, 6.45) is 0. The van der Waals surface area contributed by atoms with Crippen molar-refractivity contribution in [3.8, 4) is 0 Å². The molecular weight excluding hydrogens is 282 g/mol. The predicted octanol–water partition coefficient (Wildman–Crippen LogP) is 5.31. The second kappa shape index (κ2) is 7.15. The van der Waals surface area contributed by atoms with Gasteiger partial charge in [0.2, 0.25) is 0 Å². The van der Waals surface area contributed by atoms with Gasteiger partial charge in [-0.15, -0.1) is 0 Å². The SMILES string of the molecule is Cc1ccc(N(C)CC(C)[Si](C)(C)Cc2ccccc2)cc1. The summed E-state index contributed by atoms with van der Waals surface area (Å²) < 4.78 is 0. The molecule has 2 aromatic rings. The Morgan fingerprint density at radius 3 is 2.14 bits per heavy atom. The predicted molar refractivity (Wildman–Crippen MR) is 102 cm³/mol. The molecule has 0 radical (unpaired) electrons. The van der Waals surface area contributed by atoms with Gasteiger partial charge in [-0.3, -0.25) is 0 Å². The van der Waals surface area contributed by atoms with Gasteiger partial charge in [0.05, 0.1) is 8.07 Å². The first-order valence-electron chi connectivity index (χ1n) is 8.20. The zero-order chi connectivity index (χ0) is 16.2. The molecule has 22 heavy (non-hydrogen) atoms. The highest BCUT2D eigenvalue weighted by molar-refractivity contribution is 6.78. The van der Waals surface area contributed by atoms with E-state index in [0.717, 1.165) is 12.1 Å². The van der Waals surface area contributed by atoms with Crippen molar-refractivity contribution in [2.45, 2.75) is 38.5 Å². The van der Waals surface area contributed by atoms with Gasteiger partial charge in [0, 0.05) is 19.3 Å². The summed E-state index contributed by atoms with van der Waals surface area (Å²) in [4.78, 5) is 2.41. The molecule has 0 saturated heterocycles. The van der Waals surface area contributed by atoms with E-state index < -0.39 is 8.07 Å². The highest BCUT2D eigenvalue weighted by Gasteiger charge is 2.29. The lowest BCUT2D eigenvalue weighted by Gasteiger charge is -2.34. The van der Waals surface area contributed by atoms with E-state index >= 15 is 0 Å². The van der Waals surface area contributed by atoms with Crippen LogP contribution in [0.5, 0.6) is 0 Å². The molecule has 0 aromatic heterocycles. The first-order valence-corrected chi connectivity index (χ1v) is 11.5. The molecule has 0 aliphatic carbocycles. The molecule has 0 fully saturated rings. The summed E-state index contributed by atoms with van der Waals surface area (Å²) in [5.41, 5.74) is 4.88. The first-order chi connectivity index (χ1) is 10.4. The molecule has 0 bridgehead atoms. The third-order valence-corrected chi connectivity index (χ3v) is 9.03. The van der Waals surface area contributed by atoms with E-state index in [-0.39, 0.29) is 0 Å². The van der Waals surface area contributed by atoms with Gasteiger partial charge in [0.15, 0.2) is 0 Å². The number of anilines is 1. The molecule has 0 aliphatic heterocycles. The van der Waals surface area contributed by atoms with Crippen molar-refractivity contribution in [3.05, 3.63) is 65.7 Å². The molecule has 2 rings (SSSR count). The molecule has 118 valence electrons. The number of hydrogen-bond acceptors (Lipinski definition) is 1. The van der Waals surface area contributed by atoms with E-state index in [4.69, 9.17) is 0 Å². The fraction of sp³-hybridized carbons (Fsp3) is 0.400. The minimum atomic E-state index is -1.30. The van der Waals surface area contributed by atoms with E-state index in [1.807, 2.05) is 0 Å². The quantitative estimate of drug-likeness (QED) is 0.653. The van der Waals surface area contributed by atoms with Crippen LogP contribution in [0.1, 0.15) is 18.1 Å². The molecule has 1 unspecified atom stereocenters. The molecule has 1 nitrogen and oxygen atoms in total. The van der Waals surface area contributed by atoms with Crippen molar-refractivity contribution in [2.24, 2.45) is 0 Å². The number of nitrogens with zero attached hydrogens (tertiary/aromatic N) is 1. The Morgan fingerprint density at radius 1 is 0.955 bits per heavy atom. The summed E-state index contributed by atoms with van der Waals surface area (Å²) in [5.74, 6) is 0. The summed E-state index contributed by atoms with van der Waals surface area (Å²) in [7, 11) is 0.921. The lowest BCUT2D eigenvalue weighted by Crippen LogP contribution is -2.40. The number of rotatable bonds is 6. The third kappa shape index (κ3) is 4.47. The maximum Gasteiger partial charge on any atom is 0.0563 e. The molecular formula is C20H29NSi. The van der Waals surface area contributed by atoms with Crippen LogP contribution < -0.4 is 4.90 Å². The van der Waals surface area contributed by atoms with E-state index in [9.17, 15) is 0 Å². The van der Waals surface area contributed by atoms with Gasteiger partial charge in [-0.1, -0.05) is 73.6 Å². The minimum absolute atomic E-state index is 0.749. The van der Waals surface area contributed by atoms with E-state index in [1.54, 1.807) is 0 Å². The zero-order valence-corrected chi connectivity index (χ0v) is 15.6. The van der Waals surface area contributed by atoms with E-state index in [1.165, 1.54) is 22.9 Å². The Hall–Kier alpha value is -1.54. The van der Waals surface area contributed by atoms with Crippen LogP contribution in [0, 0.1) is 6.92 Å². The second-order valence-electron chi connectivity index (χ2n) is 7.27. The Kier molecular flexibility index (Phi) is 5.46. The lowest BCUT2D eigenvalue weighted by molar-refractivity contribution is 0.814. The van der Waals surface area contributed by atoms with Gasteiger partial charge in [-0.25, -0.2) is 0 Å². The maximum absolute atomic E-state index is 2.52. The Morgan fingerprint density at radius 2 is 1.55 bits per heavy atom. The highest BCUT2D eigenvalue weighted by Crippen LogP contribution is 2.27. The van der Waals surface area contributed by atoms with Crippen LogP contribution in [-0.2, 0) is 6.04 Å².